The standard InChI is InChI=1S/C17H16N4O3/c1-24-16(22)11-21-14-8-3-2-6-12(14)20-15(21)10-19-17(23)13-7-4-5-9-18-13/h2-9H,10-11H2,1H3,(H,19,23). The Morgan fingerprint density at radius 3 is 2.71 bits per heavy atom. The number of carbonyl (C=O) groups excluding carboxylic acids is 2. The van der Waals surface area contributed by atoms with Gasteiger partial charge >= 0.3 is 5.97 Å². The Morgan fingerprint density at radius 2 is 1.96 bits per heavy atom. The molecule has 3 rings (SSSR count). The fourth-order valence-corrected chi connectivity index (χ4v) is 2.38. The van der Waals surface area contributed by atoms with Crippen molar-refractivity contribution in [1.29, 1.82) is 0 Å². The van der Waals surface area contributed by atoms with Gasteiger partial charge in [0.2, 0.25) is 0 Å². The van der Waals surface area contributed by atoms with Crippen molar-refractivity contribution in [3.05, 3.63) is 60.2 Å². The second kappa shape index (κ2) is 6.91. The van der Waals surface area contributed by atoms with Crippen LogP contribution in [0.15, 0.2) is 48.7 Å². The number of hydrogen-bond acceptors (Lipinski definition) is 5. The Balaban J connectivity index is 1.84. The molecule has 7 heteroatoms. The predicted molar refractivity (Wildman–Crippen MR) is 87.2 cm³/mol. The highest BCUT2D eigenvalue weighted by Gasteiger charge is 2.15. The topological polar surface area (TPSA) is 86.1 Å². The van der Waals surface area contributed by atoms with Crippen molar-refractivity contribution in [2.45, 2.75) is 13.1 Å². The third kappa shape index (κ3) is 3.24. The number of para-hydroxylation sites is 2. The van der Waals surface area contributed by atoms with Crippen LogP contribution in [0.5, 0.6) is 0 Å². The number of amides is 1. The Labute approximate surface area is 138 Å². The lowest BCUT2D eigenvalue weighted by Crippen LogP contribution is -2.26. The molecule has 0 atom stereocenters. The number of nitrogens with zero attached hydrogens (tertiary/aromatic N) is 3. The van der Waals surface area contributed by atoms with Crippen molar-refractivity contribution in [2.75, 3.05) is 7.11 Å². The summed E-state index contributed by atoms with van der Waals surface area (Å²) in [5, 5.41) is 2.77. The number of methoxy groups -OCH3 is 1. The van der Waals surface area contributed by atoms with E-state index in [1.54, 1.807) is 29.0 Å². The van der Waals surface area contributed by atoms with E-state index in [2.05, 4.69) is 15.3 Å². The van der Waals surface area contributed by atoms with Gasteiger partial charge in [-0.15, -0.1) is 0 Å². The van der Waals surface area contributed by atoms with Crippen molar-refractivity contribution in [2.24, 2.45) is 0 Å². The third-order valence-electron chi connectivity index (χ3n) is 3.55. The highest BCUT2D eigenvalue weighted by Crippen LogP contribution is 2.16. The van der Waals surface area contributed by atoms with Crippen molar-refractivity contribution in [1.82, 2.24) is 19.9 Å². The molecule has 24 heavy (non-hydrogen) atoms. The third-order valence-corrected chi connectivity index (χ3v) is 3.55. The molecule has 0 saturated carbocycles. The summed E-state index contributed by atoms with van der Waals surface area (Å²) in [6, 6.07) is 12.6. The smallest absolute Gasteiger partial charge is 0.325 e. The molecule has 1 aromatic carbocycles. The molecule has 0 unspecified atom stereocenters. The lowest BCUT2D eigenvalue weighted by molar-refractivity contribution is -0.141. The maximum atomic E-state index is 12.1. The maximum Gasteiger partial charge on any atom is 0.325 e. The molecule has 1 amide bonds. The van der Waals surface area contributed by atoms with E-state index in [1.165, 1.54) is 7.11 Å². The number of pyridine rings is 1. The van der Waals surface area contributed by atoms with E-state index in [9.17, 15) is 9.59 Å². The van der Waals surface area contributed by atoms with Crippen LogP contribution >= 0.6 is 0 Å². The molecule has 0 aliphatic rings. The number of fused-ring (bicyclic) bond motifs is 1. The zero-order valence-electron chi connectivity index (χ0n) is 13.1. The minimum absolute atomic E-state index is 0.0335. The average Bonchev–Trinajstić information content (AvgIpc) is 2.98. The second-order valence-corrected chi connectivity index (χ2v) is 5.08. The first kappa shape index (κ1) is 15.7. The van der Waals surface area contributed by atoms with E-state index < -0.39 is 0 Å². The number of imidazole rings is 1. The van der Waals surface area contributed by atoms with Gasteiger partial charge in [0.25, 0.3) is 5.91 Å². The zero-order chi connectivity index (χ0) is 16.9. The van der Waals surface area contributed by atoms with Gasteiger partial charge in [-0.25, -0.2) is 4.98 Å². The van der Waals surface area contributed by atoms with Gasteiger partial charge < -0.3 is 14.6 Å². The number of benzene rings is 1. The zero-order valence-corrected chi connectivity index (χ0v) is 13.1. The van der Waals surface area contributed by atoms with Crippen LogP contribution in [0.4, 0.5) is 0 Å². The van der Waals surface area contributed by atoms with E-state index in [0.29, 0.717) is 11.5 Å². The monoisotopic (exact) mass is 324 g/mol. The second-order valence-electron chi connectivity index (χ2n) is 5.08. The van der Waals surface area contributed by atoms with Gasteiger partial charge in [-0.05, 0) is 24.3 Å². The molecule has 0 saturated heterocycles. The Morgan fingerprint density at radius 1 is 1.17 bits per heavy atom. The molecule has 0 radical (unpaired) electrons. The van der Waals surface area contributed by atoms with Gasteiger partial charge in [-0.2, -0.15) is 0 Å². The highest BCUT2D eigenvalue weighted by atomic mass is 16.5. The van der Waals surface area contributed by atoms with Crippen LogP contribution in [0.1, 0.15) is 16.3 Å². The van der Waals surface area contributed by atoms with Crippen LogP contribution in [-0.2, 0) is 22.6 Å². The summed E-state index contributed by atoms with van der Waals surface area (Å²) >= 11 is 0. The Bertz CT molecular complexity index is 874. The van der Waals surface area contributed by atoms with Crippen LogP contribution in [0, 0.1) is 0 Å². The van der Waals surface area contributed by atoms with E-state index in [1.807, 2.05) is 24.3 Å². The first-order valence-corrected chi connectivity index (χ1v) is 7.39. The van der Waals surface area contributed by atoms with Gasteiger partial charge in [-0.1, -0.05) is 18.2 Å². The van der Waals surface area contributed by atoms with Crippen LogP contribution in [0.2, 0.25) is 0 Å². The number of nitrogens with one attached hydrogen (secondary N) is 1. The van der Waals surface area contributed by atoms with E-state index in [4.69, 9.17) is 4.74 Å². The Hall–Kier alpha value is -3.22. The summed E-state index contributed by atoms with van der Waals surface area (Å²) < 4.78 is 6.47. The summed E-state index contributed by atoms with van der Waals surface area (Å²) in [5.74, 6) is -0.103. The van der Waals surface area contributed by atoms with E-state index >= 15 is 0 Å². The summed E-state index contributed by atoms with van der Waals surface area (Å²) in [5.41, 5.74) is 1.89. The lowest BCUT2D eigenvalue weighted by Gasteiger charge is -2.09. The number of aromatic nitrogens is 3. The molecule has 2 aromatic heterocycles. The number of esters is 1. The van der Waals surface area contributed by atoms with Crippen LogP contribution < -0.4 is 5.32 Å². The first-order valence-electron chi connectivity index (χ1n) is 7.39. The quantitative estimate of drug-likeness (QED) is 0.719. The van der Waals surface area contributed by atoms with Gasteiger partial charge in [-0.3, -0.25) is 14.6 Å². The minimum atomic E-state index is -0.379. The van der Waals surface area contributed by atoms with Gasteiger partial charge in [0.15, 0.2) is 0 Å². The number of hydrogen-bond donors (Lipinski definition) is 1. The molecule has 0 aliphatic heterocycles. The van der Waals surface area contributed by atoms with Gasteiger partial charge in [0.05, 0.1) is 24.7 Å². The largest absolute Gasteiger partial charge is 0.468 e. The average molecular weight is 324 g/mol. The van der Waals surface area contributed by atoms with Crippen LogP contribution in [0.3, 0.4) is 0 Å². The maximum absolute atomic E-state index is 12.1. The molecule has 2 heterocycles. The molecule has 0 fully saturated rings. The van der Waals surface area contributed by atoms with Crippen molar-refractivity contribution in [3.63, 3.8) is 0 Å². The van der Waals surface area contributed by atoms with E-state index in [0.717, 1.165) is 11.0 Å². The molecule has 1 N–H and O–H groups in total. The lowest BCUT2D eigenvalue weighted by atomic mass is 10.3. The molecule has 122 valence electrons. The molecule has 7 nitrogen and oxygen atoms in total. The van der Waals surface area contributed by atoms with E-state index in [-0.39, 0.29) is 25.0 Å². The summed E-state index contributed by atoms with van der Waals surface area (Å²) in [6.07, 6.45) is 1.56. The molecule has 0 bridgehead atoms. The van der Waals surface area contributed by atoms with Crippen LogP contribution in [0.25, 0.3) is 11.0 Å². The molecule has 0 spiro atoms. The molecular weight excluding hydrogens is 308 g/mol. The normalized spacial score (nSPS) is 10.5. The van der Waals surface area contributed by atoms with Gasteiger partial charge in [0, 0.05) is 6.20 Å². The van der Waals surface area contributed by atoms with Gasteiger partial charge in [0.1, 0.15) is 18.1 Å². The van der Waals surface area contributed by atoms with Crippen molar-refractivity contribution >= 4 is 22.9 Å². The SMILES string of the molecule is COC(=O)Cn1c(CNC(=O)c2ccccn2)nc2ccccc21. The molecular formula is C17H16N4O3. The number of rotatable bonds is 5. The molecule has 0 aliphatic carbocycles. The summed E-state index contributed by atoms with van der Waals surface area (Å²) in [6.45, 7) is 0.215. The highest BCUT2D eigenvalue weighted by molar-refractivity contribution is 5.92. The fraction of sp³-hybridized carbons (Fsp3) is 0.176. The van der Waals surface area contributed by atoms with Crippen LogP contribution in [-0.4, -0.2) is 33.5 Å². The Kier molecular flexibility index (Phi) is 4.51. The predicted octanol–water partition coefficient (Wildman–Crippen LogP) is 1.53. The number of carbonyl (C=O) groups is 2. The summed E-state index contributed by atoms with van der Waals surface area (Å²) in [7, 11) is 1.34. The summed E-state index contributed by atoms with van der Waals surface area (Å²) in [4.78, 5) is 32.3. The fourth-order valence-electron chi connectivity index (χ4n) is 2.38. The molecule has 3 aromatic rings. The van der Waals surface area contributed by atoms with Crippen molar-refractivity contribution < 1.29 is 14.3 Å². The van der Waals surface area contributed by atoms with Crippen molar-refractivity contribution in [3.8, 4) is 0 Å². The first-order chi connectivity index (χ1) is 11.7. The number of ether oxygens (including phenoxy) is 1. The minimum Gasteiger partial charge on any atom is -0.468 e.